The maximum absolute atomic E-state index is 13.8. The van der Waals surface area contributed by atoms with Gasteiger partial charge in [-0.1, -0.05) is 74.5 Å². The van der Waals surface area contributed by atoms with Crippen LogP contribution in [0.5, 0.6) is 0 Å². The maximum Gasteiger partial charge on any atom is 0.326 e. The van der Waals surface area contributed by atoms with Crippen LogP contribution in [-0.2, 0) is 23.9 Å². The van der Waals surface area contributed by atoms with Gasteiger partial charge in [-0.2, -0.15) is 0 Å². The van der Waals surface area contributed by atoms with Gasteiger partial charge in [0.05, 0.1) is 12.8 Å². The van der Waals surface area contributed by atoms with E-state index in [1.54, 1.807) is 0 Å². The normalized spacial score (nSPS) is 40.0. The summed E-state index contributed by atoms with van der Waals surface area (Å²) in [5.74, 6) is 0.0862. The second-order valence-electron chi connectivity index (χ2n) is 21.1. The van der Waals surface area contributed by atoms with Gasteiger partial charge in [0.1, 0.15) is 12.1 Å². The van der Waals surface area contributed by atoms with E-state index in [4.69, 9.17) is 4.74 Å². The number of carboxylic acids is 2. The molecule has 294 valence electrons. The van der Waals surface area contributed by atoms with Gasteiger partial charge in [0.2, 0.25) is 5.91 Å². The van der Waals surface area contributed by atoms with Crippen molar-refractivity contribution in [1.82, 2.24) is 5.32 Å². The van der Waals surface area contributed by atoms with Crippen molar-refractivity contribution in [2.24, 2.45) is 68.0 Å². The molecule has 5 rings (SSSR count). The third-order valence-electron chi connectivity index (χ3n) is 16.6. The number of aliphatic carboxylic acids is 2. The van der Waals surface area contributed by atoms with Crippen LogP contribution in [0, 0.1) is 68.0 Å². The van der Waals surface area contributed by atoms with Gasteiger partial charge in [-0.3, -0.25) is 14.4 Å². The van der Waals surface area contributed by atoms with Crippen molar-refractivity contribution in [2.75, 3.05) is 0 Å². The maximum atomic E-state index is 13.8. The molecule has 0 radical (unpaired) electrons. The molecule has 0 heterocycles. The highest BCUT2D eigenvalue weighted by Crippen LogP contribution is 2.78. The molecule has 0 spiro atoms. The number of carboxylic acid groups (broad SMARTS) is 2. The van der Waals surface area contributed by atoms with Gasteiger partial charge >= 0.3 is 17.9 Å². The summed E-state index contributed by atoms with van der Waals surface area (Å²) in [4.78, 5) is 50.5. The number of esters is 1. The van der Waals surface area contributed by atoms with E-state index in [1.807, 2.05) is 27.7 Å². The second kappa shape index (κ2) is 14.0. The zero-order valence-electron chi connectivity index (χ0n) is 34.2. The molecule has 0 aromatic rings. The van der Waals surface area contributed by atoms with Crippen molar-refractivity contribution in [3.05, 3.63) is 12.2 Å². The Morgan fingerprint density at radius 3 is 2.12 bits per heavy atom. The SMILES string of the molecule is C=C(C)[C@@H]1CC[C@]2(CC(=O)NC(CC(C)C)C(=O)O)CC[C@]3(C)[C@H](CCC4[C@@]5(C)CCC(OC(=O)CC(C)(C)CC(=O)O)C(C)(C)C5CC[C@]43C)C12. The summed E-state index contributed by atoms with van der Waals surface area (Å²) in [6.07, 6.45) is 11.2. The lowest BCUT2D eigenvalue weighted by Crippen LogP contribution is -2.67. The highest BCUT2D eigenvalue weighted by atomic mass is 16.5. The van der Waals surface area contributed by atoms with Crippen LogP contribution < -0.4 is 5.32 Å². The number of hydrogen-bond acceptors (Lipinski definition) is 5. The standard InChI is InChI=1S/C44H71NO7/c1-26(2)22-30(38(50)51)45-34(46)23-44-19-14-28(27(3)4)37(44)29-12-13-32-41(9)17-16-33(52-36(49)25-39(5,6)24-35(47)48)40(7,8)31(41)15-18-43(32,11)42(29,10)20-21-44/h26,28-33,37H,3,12-25H2,1-2,4-11H3,(H,45,46)(H,47,48)(H,50,51)/t28-,29+,30?,31?,32?,33?,37?,41-,42+,43+,44+/m0/s1. The van der Waals surface area contributed by atoms with Gasteiger partial charge in [-0.05, 0) is 140 Å². The molecule has 5 unspecified atom stereocenters. The highest BCUT2D eigenvalue weighted by molar-refractivity contribution is 5.84. The van der Waals surface area contributed by atoms with Crippen LogP contribution in [0.2, 0.25) is 0 Å². The Morgan fingerprint density at radius 1 is 0.846 bits per heavy atom. The van der Waals surface area contributed by atoms with E-state index in [0.29, 0.717) is 42.4 Å². The summed E-state index contributed by atoms with van der Waals surface area (Å²) >= 11 is 0. The molecule has 52 heavy (non-hydrogen) atoms. The molecule has 1 amide bonds. The Morgan fingerprint density at radius 2 is 1.52 bits per heavy atom. The molecule has 8 heteroatoms. The van der Waals surface area contributed by atoms with E-state index in [1.165, 1.54) is 5.57 Å². The lowest BCUT2D eigenvalue weighted by molar-refractivity contribution is -0.250. The highest BCUT2D eigenvalue weighted by Gasteiger charge is 2.71. The zero-order chi connectivity index (χ0) is 38.8. The minimum absolute atomic E-state index is 0.0668. The largest absolute Gasteiger partial charge is 0.481 e. The first kappa shape index (κ1) is 40.8. The van der Waals surface area contributed by atoms with Crippen LogP contribution in [0.25, 0.3) is 0 Å². The summed E-state index contributed by atoms with van der Waals surface area (Å²) < 4.78 is 6.26. The molecular weight excluding hydrogens is 654 g/mol. The first-order chi connectivity index (χ1) is 23.9. The summed E-state index contributed by atoms with van der Waals surface area (Å²) in [5, 5.41) is 22.2. The van der Waals surface area contributed by atoms with E-state index in [2.05, 4.69) is 53.4 Å². The summed E-state index contributed by atoms with van der Waals surface area (Å²) in [7, 11) is 0. The number of nitrogens with one attached hydrogen (secondary N) is 1. The minimum atomic E-state index is -0.955. The molecule has 5 fully saturated rings. The molecule has 8 nitrogen and oxygen atoms in total. The molecule has 11 atom stereocenters. The fourth-order valence-electron chi connectivity index (χ4n) is 14.1. The van der Waals surface area contributed by atoms with Gasteiger partial charge in [-0.25, -0.2) is 4.79 Å². The number of amides is 1. The molecule has 5 aliphatic carbocycles. The van der Waals surface area contributed by atoms with Crippen molar-refractivity contribution in [1.29, 1.82) is 0 Å². The Labute approximate surface area is 314 Å². The van der Waals surface area contributed by atoms with Crippen molar-refractivity contribution >= 4 is 23.8 Å². The van der Waals surface area contributed by atoms with E-state index >= 15 is 0 Å². The predicted octanol–water partition coefficient (Wildman–Crippen LogP) is 9.45. The monoisotopic (exact) mass is 726 g/mol. The van der Waals surface area contributed by atoms with Gasteiger partial charge in [0, 0.05) is 11.8 Å². The number of carbonyl (C=O) groups is 4. The van der Waals surface area contributed by atoms with Crippen molar-refractivity contribution in [3.8, 4) is 0 Å². The summed E-state index contributed by atoms with van der Waals surface area (Å²) in [5.41, 5.74) is 0.579. The molecule has 0 aromatic heterocycles. The van der Waals surface area contributed by atoms with Crippen LogP contribution in [-0.4, -0.2) is 46.2 Å². The van der Waals surface area contributed by atoms with Crippen LogP contribution in [0.15, 0.2) is 12.2 Å². The Hall–Kier alpha value is -2.38. The topological polar surface area (TPSA) is 130 Å². The lowest BCUT2D eigenvalue weighted by Gasteiger charge is -2.73. The number of hydrogen-bond donors (Lipinski definition) is 3. The first-order valence-corrected chi connectivity index (χ1v) is 20.5. The zero-order valence-corrected chi connectivity index (χ0v) is 34.2. The fourth-order valence-corrected chi connectivity index (χ4v) is 14.1. The third-order valence-corrected chi connectivity index (χ3v) is 16.6. The van der Waals surface area contributed by atoms with E-state index < -0.39 is 23.4 Å². The predicted molar refractivity (Wildman–Crippen MR) is 203 cm³/mol. The van der Waals surface area contributed by atoms with Crippen LogP contribution in [0.3, 0.4) is 0 Å². The van der Waals surface area contributed by atoms with Gasteiger partial charge in [0.25, 0.3) is 0 Å². The van der Waals surface area contributed by atoms with Gasteiger partial charge in [0.15, 0.2) is 0 Å². The van der Waals surface area contributed by atoms with E-state index in [9.17, 15) is 29.4 Å². The first-order valence-electron chi connectivity index (χ1n) is 20.5. The lowest BCUT2D eigenvalue weighted by atomic mass is 9.32. The fraction of sp³-hybridized carbons (Fsp3) is 0.864. The second-order valence-corrected chi connectivity index (χ2v) is 21.1. The minimum Gasteiger partial charge on any atom is -0.481 e. The Kier molecular flexibility index (Phi) is 11.0. The smallest absolute Gasteiger partial charge is 0.326 e. The number of carbonyl (C=O) groups excluding carboxylic acids is 2. The van der Waals surface area contributed by atoms with Gasteiger partial charge < -0.3 is 20.3 Å². The van der Waals surface area contributed by atoms with Gasteiger partial charge in [-0.15, -0.1) is 0 Å². The third kappa shape index (κ3) is 7.00. The van der Waals surface area contributed by atoms with E-state index in [0.717, 1.165) is 64.2 Å². The number of fused-ring (bicyclic) bond motifs is 7. The Balaban J connectivity index is 1.38. The number of ether oxygens (including phenoxy) is 1. The molecule has 5 aliphatic rings. The molecule has 0 aromatic carbocycles. The van der Waals surface area contributed by atoms with Crippen molar-refractivity contribution in [3.63, 3.8) is 0 Å². The Bertz CT molecular complexity index is 1430. The number of allylic oxidation sites excluding steroid dienone is 1. The quantitative estimate of drug-likeness (QED) is 0.135. The van der Waals surface area contributed by atoms with Crippen LogP contribution in [0.4, 0.5) is 0 Å². The molecular formula is C44H71NO7. The van der Waals surface area contributed by atoms with E-state index in [-0.39, 0.29) is 63.8 Å². The van der Waals surface area contributed by atoms with Crippen molar-refractivity contribution in [2.45, 2.75) is 171 Å². The average molecular weight is 726 g/mol. The molecule has 5 saturated carbocycles. The average Bonchev–Trinajstić information content (AvgIpc) is 3.37. The van der Waals surface area contributed by atoms with Crippen LogP contribution in [0.1, 0.15) is 159 Å². The molecule has 0 saturated heterocycles. The molecule has 0 aliphatic heterocycles. The molecule has 3 N–H and O–H groups in total. The molecule has 0 bridgehead atoms. The summed E-state index contributed by atoms with van der Waals surface area (Å²) in [6.45, 7) is 26.6. The van der Waals surface area contributed by atoms with Crippen molar-refractivity contribution < 1.29 is 34.1 Å². The van der Waals surface area contributed by atoms with Crippen LogP contribution >= 0.6 is 0 Å². The number of rotatable bonds is 12. The summed E-state index contributed by atoms with van der Waals surface area (Å²) in [6, 6.07) is -0.855.